The molecule has 2 amide bonds. The molecule has 1 aliphatic rings. The molecular formula is C10H21N3O. The topological polar surface area (TPSA) is 67.2 Å². The fraction of sp³-hybridized carbons (Fsp3) is 0.900. The van der Waals surface area contributed by atoms with Crippen LogP contribution < -0.4 is 16.4 Å². The van der Waals surface area contributed by atoms with Crippen LogP contribution >= 0.6 is 0 Å². The number of nitrogens with one attached hydrogen (secondary N) is 2. The quantitative estimate of drug-likeness (QED) is 0.616. The van der Waals surface area contributed by atoms with Gasteiger partial charge in [0, 0.05) is 19.1 Å². The van der Waals surface area contributed by atoms with E-state index in [4.69, 9.17) is 5.73 Å². The van der Waals surface area contributed by atoms with Crippen molar-refractivity contribution in [3.05, 3.63) is 0 Å². The number of carbonyl (C=O) groups excluding carboxylic acids is 1. The summed E-state index contributed by atoms with van der Waals surface area (Å²) in [4.78, 5) is 11.0. The fourth-order valence-electron chi connectivity index (χ4n) is 2.05. The van der Waals surface area contributed by atoms with Gasteiger partial charge >= 0.3 is 6.03 Å². The summed E-state index contributed by atoms with van der Waals surface area (Å²) in [5, 5.41) is 5.51. The SMILES string of the molecule is CNC(=O)NC1CCC(C(C)N)CC1. The molecule has 0 saturated heterocycles. The van der Waals surface area contributed by atoms with Crippen LogP contribution in [0.3, 0.4) is 0 Å². The van der Waals surface area contributed by atoms with Gasteiger partial charge in [0.2, 0.25) is 0 Å². The summed E-state index contributed by atoms with van der Waals surface area (Å²) >= 11 is 0. The van der Waals surface area contributed by atoms with Gasteiger partial charge in [0.25, 0.3) is 0 Å². The Balaban J connectivity index is 2.25. The molecule has 0 aromatic heterocycles. The van der Waals surface area contributed by atoms with Crippen molar-refractivity contribution < 1.29 is 4.79 Å². The number of hydrogen-bond donors (Lipinski definition) is 3. The molecule has 14 heavy (non-hydrogen) atoms. The smallest absolute Gasteiger partial charge is 0.314 e. The van der Waals surface area contributed by atoms with Crippen LogP contribution in [0.15, 0.2) is 0 Å². The van der Waals surface area contributed by atoms with Crippen molar-refractivity contribution in [1.82, 2.24) is 10.6 Å². The third kappa shape index (κ3) is 3.18. The van der Waals surface area contributed by atoms with E-state index < -0.39 is 0 Å². The van der Waals surface area contributed by atoms with Gasteiger partial charge in [-0.15, -0.1) is 0 Å². The second-order valence-electron chi connectivity index (χ2n) is 4.19. The van der Waals surface area contributed by atoms with E-state index in [-0.39, 0.29) is 12.1 Å². The Morgan fingerprint density at radius 2 is 1.93 bits per heavy atom. The first-order valence-electron chi connectivity index (χ1n) is 5.37. The van der Waals surface area contributed by atoms with Gasteiger partial charge in [-0.3, -0.25) is 0 Å². The molecule has 4 nitrogen and oxygen atoms in total. The molecule has 0 aliphatic heterocycles. The summed E-state index contributed by atoms with van der Waals surface area (Å²) in [6.07, 6.45) is 4.37. The van der Waals surface area contributed by atoms with Gasteiger partial charge in [0.1, 0.15) is 0 Å². The highest BCUT2D eigenvalue weighted by molar-refractivity contribution is 5.73. The average Bonchev–Trinajstić information content (AvgIpc) is 2.18. The Morgan fingerprint density at radius 1 is 1.36 bits per heavy atom. The highest BCUT2D eigenvalue weighted by Gasteiger charge is 2.23. The van der Waals surface area contributed by atoms with Crippen molar-refractivity contribution in [2.24, 2.45) is 11.7 Å². The number of hydrogen-bond acceptors (Lipinski definition) is 2. The number of amides is 2. The Bertz CT molecular complexity index is 186. The number of carbonyl (C=O) groups is 1. The summed E-state index contributed by atoms with van der Waals surface area (Å²) in [6, 6.07) is 0.551. The standard InChI is InChI=1S/C10H21N3O/c1-7(11)8-3-5-9(6-4-8)13-10(14)12-2/h7-9H,3-6,11H2,1-2H3,(H2,12,13,14). The molecule has 4 N–H and O–H groups in total. The van der Waals surface area contributed by atoms with Crippen molar-refractivity contribution in [3.8, 4) is 0 Å². The Hall–Kier alpha value is -0.770. The van der Waals surface area contributed by atoms with Crippen molar-refractivity contribution in [2.75, 3.05) is 7.05 Å². The lowest BCUT2D eigenvalue weighted by Gasteiger charge is -2.30. The second-order valence-corrected chi connectivity index (χ2v) is 4.19. The van der Waals surface area contributed by atoms with E-state index in [0.717, 1.165) is 25.7 Å². The zero-order chi connectivity index (χ0) is 10.6. The van der Waals surface area contributed by atoms with Crippen LogP contribution in [-0.4, -0.2) is 25.2 Å². The van der Waals surface area contributed by atoms with Gasteiger partial charge in [-0.25, -0.2) is 4.79 Å². The van der Waals surface area contributed by atoms with Crippen LogP contribution in [-0.2, 0) is 0 Å². The zero-order valence-corrected chi connectivity index (χ0v) is 9.05. The van der Waals surface area contributed by atoms with E-state index in [1.807, 2.05) is 0 Å². The fourth-order valence-corrected chi connectivity index (χ4v) is 2.05. The van der Waals surface area contributed by atoms with Crippen molar-refractivity contribution in [1.29, 1.82) is 0 Å². The summed E-state index contributed by atoms with van der Waals surface area (Å²) < 4.78 is 0. The van der Waals surface area contributed by atoms with Gasteiger partial charge in [0.05, 0.1) is 0 Å². The molecule has 1 rings (SSSR count). The lowest BCUT2D eigenvalue weighted by molar-refractivity contribution is 0.225. The molecule has 0 radical (unpaired) electrons. The van der Waals surface area contributed by atoms with Crippen LogP contribution in [0.25, 0.3) is 0 Å². The maximum Gasteiger partial charge on any atom is 0.314 e. The monoisotopic (exact) mass is 199 g/mol. The molecule has 1 fully saturated rings. The Kier molecular flexibility index (Phi) is 4.20. The molecule has 1 atom stereocenters. The van der Waals surface area contributed by atoms with E-state index >= 15 is 0 Å². The molecular weight excluding hydrogens is 178 g/mol. The molecule has 1 unspecified atom stereocenters. The van der Waals surface area contributed by atoms with Gasteiger partial charge in [-0.2, -0.15) is 0 Å². The molecule has 0 aromatic carbocycles. The Labute approximate surface area is 85.6 Å². The Morgan fingerprint density at radius 3 is 2.36 bits per heavy atom. The zero-order valence-electron chi connectivity index (χ0n) is 9.05. The molecule has 0 heterocycles. The van der Waals surface area contributed by atoms with Crippen LogP contribution in [0.1, 0.15) is 32.6 Å². The van der Waals surface area contributed by atoms with E-state index in [0.29, 0.717) is 12.0 Å². The predicted molar refractivity (Wildman–Crippen MR) is 57.0 cm³/mol. The highest BCUT2D eigenvalue weighted by Crippen LogP contribution is 2.25. The van der Waals surface area contributed by atoms with Gasteiger partial charge in [-0.05, 0) is 38.5 Å². The lowest BCUT2D eigenvalue weighted by Crippen LogP contribution is -2.43. The first-order chi connectivity index (χ1) is 6.63. The third-order valence-electron chi connectivity index (χ3n) is 3.08. The molecule has 4 heteroatoms. The van der Waals surface area contributed by atoms with E-state index in [1.165, 1.54) is 0 Å². The highest BCUT2D eigenvalue weighted by atomic mass is 16.2. The average molecular weight is 199 g/mol. The summed E-state index contributed by atoms with van der Waals surface area (Å²) in [5.74, 6) is 0.637. The van der Waals surface area contributed by atoms with Crippen LogP contribution in [0, 0.1) is 5.92 Å². The molecule has 0 aromatic rings. The minimum absolute atomic E-state index is 0.0748. The van der Waals surface area contributed by atoms with E-state index in [1.54, 1.807) is 7.05 Å². The molecule has 82 valence electrons. The maximum atomic E-state index is 11.0. The summed E-state index contributed by atoms with van der Waals surface area (Å²) in [7, 11) is 1.64. The van der Waals surface area contributed by atoms with Crippen molar-refractivity contribution in [3.63, 3.8) is 0 Å². The van der Waals surface area contributed by atoms with Crippen LogP contribution in [0.4, 0.5) is 4.79 Å². The van der Waals surface area contributed by atoms with Crippen molar-refractivity contribution in [2.45, 2.75) is 44.7 Å². The normalized spacial score (nSPS) is 29.4. The number of rotatable bonds is 2. The van der Waals surface area contributed by atoms with Gasteiger partial charge in [-0.1, -0.05) is 0 Å². The van der Waals surface area contributed by atoms with Gasteiger partial charge in [0.15, 0.2) is 0 Å². The first kappa shape index (κ1) is 11.3. The number of nitrogens with two attached hydrogens (primary N) is 1. The summed E-state index contributed by atoms with van der Waals surface area (Å²) in [6.45, 7) is 2.07. The summed E-state index contributed by atoms with van der Waals surface area (Å²) in [5.41, 5.74) is 5.84. The minimum atomic E-state index is -0.0748. The largest absolute Gasteiger partial charge is 0.341 e. The maximum absolute atomic E-state index is 11.0. The van der Waals surface area contributed by atoms with E-state index in [2.05, 4.69) is 17.6 Å². The van der Waals surface area contributed by atoms with Crippen LogP contribution in [0.2, 0.25) is 0 Å². The van der Waals surface area contributed by atoms with Crippen LogP contribution in [0.5, 0.6) is 0 Å². The molecule has 1 aliphatic carbocycles. The third-order valence-corrected chi connectivity index (χ3v) is 3.08. The van der Waals surface area contributed by atoms with Gasteiger partial charge < -0.3 is 16.4 Å². The first-order valence-corrected chi connectivity index (χ1v) is 5.37. The predicted octanol–water partition coefficient (Wildman–Crippen LogP) is 0.821. The second kappa shape index (κ2) is 5.20. The minimum Gasteiger partial charge on any atom is -0.341 e. The van der Waals surface area contributed by atoms with E-state index in [9.17, 15) is 4.79 Å². The van der Waals surface area contributed by atoms with Crippen molar-refractivity contribution >= 4 is 6.03 Å². The molecule has 1 saturated carbocycles. The number of urea groups is 1. The molecule has 0 spiro atoms. The molecule has 0 bridgehead atoms. The lowest BCUT2D eigenvalue weighted by atomic mass is 9.82.